The highest BCUT2D eigenvalue weighted by atomic mass is 16.5. The molecule has 0 aliphatic rings. The summed E-state index contributed by atoms with van der Waals surface area (Å²) in [6.45, 7) is 3.62. The van der Waals surface area contributed by atoms with Crippen molar-refractivity contribution in [2.45, 2.75) is 26.4 Å². The summed E-state index contributed by atoms with van der Waals surface area (Å²) >= 11 is 0. The standard InChI is InChI=1S/C11H14O3/c1-3-9(11(12)13)14-10-7-5-4-6-8(10)2/h4-7,9H,3H2,1-2H3,(H,12,13)/p-1/t9-/m0/s1. The fraction of sp³-hybridized carbons (Fsp3) is 0.364. The third-order valence-corrected chi connectivity index (χ3v) is 2.00. The fourth-order valence-corrected chi connectivity index (χ4v) is 1.14. The first-order chi connectivity index (χ1) is 6.65. The van der Waals surface area contributed by atoms with Gasteiger partial charge < -0.3 is 14.6 Å². The number of hydrogen-bond acceptors (Lipinski definition) is 3. The van der Waals surface area contributed by atoms with Crippen molar-refractivity contribution in [3.05, 3.63) is 29.8 Å². The smallest absolute Gasteiger partial charge is 0.138 e. The van der Waals surface area contributed by atoms with Crippen LogP contribution in [0.15, 0.2) is 24.3 Å². The number of hydrogen-bond donors (Lipinski definition) is 0. The average molecular weight is 193 g/mol. The van der Waals surface area contributed by atoms with Crippen LogP contribution in [0.4, 0.5) is 0 Å². The molecule has 0 aromatic heterocycles. The van der Waals surface area contributed by atoms with E-state index in [2.05, 4.69) is 0 Å². The van der Waals surface area contributed by atoms with Gasteiger partial charge in [-0.05, 0) is 25.0 Å². The van der Waals surface area contributed by atoms with Crippen LogP contribution in [0, 0.1) is 6.92 Å². The summed E-state index contributed by atoms with van der Waals surface area (Å²) in [4.78, 5) is 10.6. The Morgan fingerprint density at radius 2 is 2.14 bits per heavy atom. The molecule has 0 N–H and O–H groups in total. The van der Waals surface area contributed by atoms with Crippen molar-refractivity contribution in [2.24, 2.45) is 0 Å². The minimum Gasteiger partial charge on any atom is -0.546 e. The molecule has 0 unspecified atom stereocenters. The Morgan fingerprint density at radius 3 is 2.64 bits per heavy atom. The molecule has 3 heteroatoms. The number of carboxylic acids is 1. The lowest BCUT2D eigenvalue weighted by Gasteiger charge is -2.19. The summed E-state index contributed by atoms with van der Waals surface area (Å²) in [6, 6.07) is 7.31. The molecule has 3 nitrogen and oxygen atoms in total. The van der Waals surface area contributed by atoms with Crippen LogP contribution in [0.25, 0.3) is 0 Å². The quantitative estimate of drug-likeness (QED) is 0.713. The Kier molecular flexibility index (Phi) is 3.51. The first-order valence-corrected chi connectivity index (χ1v) is 4.58. The van der Waals surface area contributed by atoms with Crippen LogP contribution in [-0.4, -0.2) is 12.1 Å². The van der Waals surface area contributed by atoms with Crippen LogP contribution in [0.2, 0.25) is 0 Å². The molecule has 0 radical (unpaired) electrons. The Balaban J connectivity index is 2.77. The summed E-state index contributed by atoms with van der Waals surface area (Å²) in [5.74, 6) is -0.570. The molecule has 14 heavy (non-hydrogen) atoms. The lowest BCUT2D eigenvalue weighted by molar-refractivity contribution is -0.313. The first-order valence-electron chi connectivity index (χ1n) is 4.58. The minimum absolute atomic E-state index is 0.399. The highest BCUT2D eigenvalue weighted by molar-refractivity contribution is 5.70. The van der Waals surface area contributed by atoms with Crippen LogP contribution in [-0.2, 0) is 4.79 Å². The number of aryl methyl sites for hydroxylation is 1. The number of carboxylic acid groups (broad SMARTS) is 1. The number of aliphatic carboxylic acids is 1. The molecule has 0 spiro atoms. The van der Waals surface area contributed by atoms with Crippen LogP contribution >= 0.6 is 0 Å². The molecule has 1 rings (SSSR count). The molecule has 0 fully saturated rings. The largest absolute Gasteiger partial charge is 0.546 e. The molecule has 0 aliphatic heterocycles. The molecular weight excluding hydrogens is 180 g/mol. The summed E-state index contributed by atoms with van der Waals surface area (Å²) in [6.07, 6.45) is -0.465. The second kappa shape index (κ2) is 4.65. The van der Waals surface area contributed by atoms with E-state index in [0.717, 1.165) is 5.56 Å². The normalized spacial score (nSPS) is 12.1. The van der Waals surface area contributed by atoms with E-state index in [4.69, 9.17) is 4.74 Å². The van der Waals surface area contributed by atoms with Crippen molar-refractivity contribution in [1.82, 2.24) is 0 Å². The fourth-order valence-electron chi connectivity index (χ4n) is 1.14. The second-order valence-electron chi connectivity index (χ2n) is 3.10. The molecule has 0 saturated heterocycles. The van der Waals surface area contributed by atoms with Gasteiger partial charge in [0, 0.05) is 0 Å². The molecule has 0 saturated carbocycles. The van der Waals surface area contributed by atoms with Gasteiger partial charge in [-0.3, -0.25) is 0 Å². The monoisotopic (exact) mass is 193 g/mol. The van der Waals surface area contributed by atoms with Crippen LogP contribution < -0.4 is 9.84 Å². The van der Waals surface area contributed by atoms with Crippen molar-refractivity contribution in [2.75, 3.05) is 0 Å². The highest BCUT2D eigenvalue weighted by Gasteiger charge is 2.09. The zero-order valence-corrected chi connectivity index (χ0v) is 8.32. The minimum atomic E-state index is -1.17. The predicted octanol–water partition coefficient (Wildman–Crippen LogP) is 0.902. The zero-order valence-electron chi connectivity index (χ0n) is 8.32. The molecule has 1 aromatic rings. The van der Waals surface area contributed by atoms with E-state index in [1.54, 1.807) is 13.0 Å². The topological polar surface area (TPSA) is 49.4 Å². The molecular formula is C11H13O3-. The summed E-state index contributed by atoms with van der Waals surface area (Å²) in [7, 11) is 0. The van der Waals surface area contributed by atoms with Gasteiger partial charge in [0.2, 0.25) is 0 Å². The van der Waals surface area contributed by atoms with Gasteiger partial charge in [-0.25, -0.2) is 0 Å². The Bertz CT molecular complexity index is 320. The van der Waals surface area contributed by atoms with Gasteiger partial charge in [0.25, 0.3) is 0 Å². The predicted molar refractivity (Wildman–Crippen MR) is 50.9 cm³/mol. The Hall–Kier alpha value is -1.51. The number of benzene rings is 1. The zero-order chi connectivity index (χ0) is 10.6. The van der Waals surface area contributed by atoms with Gasteiger partial charge in [0.1, 0.15) is 11.9 Å². The maximum Gasteiger partial charge on any atom is 0.138 e. The third-order valence-electron chi connectivity index (χ3n) is 2.00. The summed E-state index contributed by atoms with van der Waals surface area (Å²) < 4.78 is 5.29. The van der Waals surface area contributed by atoms with Gasteiger partial charge >= 0.3 is 0 Å². The summed E-state index contributed by atoms with van der Waals surface area (Å²) in [5, 5.41) is 10.6. The Labute approximate surface area is 83.3 Å². The van der Waals surface area contributed by atoms with E-state index >= 15 is 0 Å². The second-order valence-corrected chi connectivity index (χ2v) is 3.10. The lowest BCUT2D eigenvalue weighted by Crippen LogP contribution is -2.39. The first kappa shape index (κ1) is 10.6. The van der Waals surface area contributed by atoms with E-state index in [1.807, 2.05) is 25.1 Å². The number of carbonyl (C=O) groups excluding carboxylic acids is 1. The highest BCUT2D eigenvalue weighted by Crippen LogP contribution is 2.18. The van der Waals surface area contributed by atoms with E-state index < -0.39 is 12.1 Å². The Morgan fingerprint density at radius 1 is 1.50 bits per heavy atom. The molecule has 0 aliphatic carbocycles. The van der Waals surface area contributed by atoms with Crippen molar-refractivity contribution in [3.63, 3.8) is 0 Å². The average Bonchev–Trinajstić information content (AvgIpc) is 2.16. The van der Waals surface area contributed by atoms with Crippen LogP contribution in [0.5, 0.6) is 5.75 Å². The van der Waals surface area contributed by atoms with Crippen molar-refractivity contribution in [1.29, 1.82) is 0 Å². The maximum atomic E-state index is 10.6. The molecule has 1 atom stereocenters. The van der Waals surface area contributed by atoms with E-state index in [0.29, 0.717) is 12.2 Å². The SMILES string of the molecule is CC[C@H](Oc1ccccc1C)C(=O)[O-]. The van der Waals surface area contributed by atoms with E-state index in [-0.39, 0.29) is 0 Å². The number of para-hydroxylation sites is 1. The van der Waals surface area contributed by atoms with Crippen molar-refractivity contribution >= 4 is 5.97 Å². The van der Waals surface area contributed by atoms with Crippen molar-refractivity contribution < 1.29 is 14.6 Å². The van der Waals surface area contributed by atoms with E-state index in [1.165, 1.54) is 0 Å². The molecule has 1 aromatic carbocycles. The van der Waals surface area contributed by atoms with Crippen molar-refractivity contribution in [3.8, 4) is 5.75 Å². The molecule has 76 valence electrons. The number of ether oxygens (including phenoxy) is 1. The molecule has 0 bridgehead atoms. The third kappa shape index (κ3) is 2.49. The molecule has 0 heterocycles. The number of rotatable bonds is 4. The maximum absolute atomic E-state index is 10.6. The van der Waals surface area contributed by atoms with Gasteiger partial charge in [0.05, 0.1) is 5.97 Å². The van der Waals surface area contributed by atoms with Gasteiger partial charge in [-0.2, -0.15) is 0 Å². The number of carbonyl (C=O) groups is 1. The lowest BCUT2D eigenvalue weighted by atomic mass is 10.2. The van der Waals surface area contributed by atoms with Gasteiger partial charge in [-0.15, -0.1) is 0 Å². The van der Waals surface area contributed by atoms with Gasteiger partial charge in [0.15, 0.2) is 0 Å². The van der Waals surface area contributed by atoms with Gasteiger partial charge in [-0.1, -0.05) is 25.1 Å². The summed E-state index contributed by atoms with van der Waals surface area (Å²) in [5.41, 5.74) is 0.923. The van der Waals surface area contributed by atoms with Crippen LogP contribution in [0.1, 0.15) is 18.9 Å². The van der Waals surface area contributed by atoms with Crippen LogP contribution in [0.3, 0.4) is 0 Å². The molecule has 0 amide bonds. The van der Waals surface area contributed by atoms with E-state index in [9.17, 15) is 9.90 Å².